The highest BCUT2D eigenvalue weighted by molar-refractivity contribution is 5.81. The van der Waals surface area contributed by atoms with Crippen LogP contribution in [0.4, 0.5) is 0 Å². The van der Waals surface area contributed by atoms with Gasteiger partial charge in [0.2, 0.25) is 5.91 Å². The van der Waals surface area contributed by atoms with Crippen LogP contribution in [0.15, 0.2) is 0 Å². The van der Waals surface area contributed by atoms with E-state index in [4.69, 9.17) is 10.5 Å². The lowest BCUT2D eigenvalue weighted by Gasteiger charge is -2.11. The van der Waals surface area contributed by atoms with Crippen LogP contribution in [-0.2, 0) is 9.53 Å². The number of hydrogen-bond acceptors (Lipinski definition) is 3. The second-order valence-electron chi connectivity index (χ2n) is 4.45. The molecule has 0 aromatic rings. The van der Waals surface area contributed by atoms with Crippen molar-refractivity contribution in [1.29, 1.82) is 0 Å². The molecule has 0 aromatic heterocycles. The Kier molecular flexibility index (Phi) is 11.4. The predicted molar refractivity (Wildman–Crippen MR) is 70.9 cm³/mol. The van der Waals surface area contributed by atoms with Crippen LogP contribution in [-0.4, -0.2) is 32.2 Å². The second-order valence-corrected chi connectivity index (χ2v) is 4.45. The highest BCUT2D eigenvalue weighted by Gasteiger charge is 2.11. The number of rotatable bonds is 11. The van der Waals surface area contributed by atoms with Crippen LogP contribution in [0.2, 0.25) is 0 Å². The Hall–Kier alpha value is -0.610. The maximum Gasteiger partial charge on any atom is 0.237 e. The summed E-state index contributed by atoms with van der Waals surface area (Å²) in [7, 11) is 1.61. The Labute approximate surface area is 105 Å². The van der Waals surface area contributed by atoms with E-state index in [1.54, 1.807) is 7.11 Å². The summed E-state index contributed by atoms with van der Waals surface area (Å²) in [5.74, 6) is -0.0596. The van der Waals surface area contributed by atoms with Gasteiger partial charge in [-0.1, -0.05) is 39.0 Å². The molecule has 0 spiro atoms. The standard InChI is InChI=1S/C13H28N2O2/c1-3-4-5-6-7-8-10-15-13(16)12(14)9-11-17-2/h12H,3-11,14H2,1-2H3,(H,15,16). The summed E-state index contributed by atoms with van der Waals surface area (Å²) in [6.45, 7) is 3.48. The maximum absolute atomic E-state index is 11.5. The molecule has 3 N–H and O–H groups in total. The molecule has 102 valence electrons. The fourth-order valence-electron chi connectivity index (χ4n) is 1.62. The number of methoxy groups -OCH3 is 1. The topological polar surface area (TPSA) is 64.4 Å². The van der Waals surface area contributed by atoms with Crippen LogP contribution in [0.5, 0.6) is 0 Å². The van der Waals surface area contributed by atoms with Crippen molar-refractivity contribution in [2.75, 3.05) is 20.3 Å². The highest BCUT2D eigenvalue weighted by Crippen LogP contribution is 2.04. The number of carbonyl (C=O) groups is 1. The fourth-order valence-corrected chi connectivity index (χ4v) is 1.62. The van der Waals surface area contributed by atoms with Gasteiger partial charge in [-0.25, -0.2) is 0 Å². The van der Waals surface area contributed by atoms with Gasteiger partial charge < -0.3 is 15.8 Å². The van der Waals surface area contributed by atoms with Crippen molar-refractivity contribution in [2.24, 2.45) is 5.73 Å². The van der Waals surface area contributed by atoms with Gasteiger partial charge in [-0.2, -0.15) is 0 Å². The molecule has 0 aliphatic carbocycles. The predicted octanol–water partition coefficient (Wildman–Crippen LogP) is 1.83. The number of hydrogen-bond donors (Lipinski definition) is 2. The molecule has 4 nitrogen and oxygen atoms in total. The molecule has 1 unspecified atom stereocenters. The molecule has 1 amide bonds. The van der Waals surface area contributed by atoms with Gasteiger partial charge in [-0.15, -0.1) is 0 Å². The van der Waals surface area contributed by atoms with Crippen LogP contribution in [0.1, 0.15) is 51.9 Å². The summed E-state index contributed by atoms with van der Waals surface area (Å²) in [5.41, 5.74) is 5.69. The summed E-state index contributed by atoms with van der Waals surface area (Å²) in [4.78, 5) is 11.5. The quantitative estimate of drug-likeness (QED) is 0.545. The normalized spacial score (nSPS) is 12.4. The molecule has 0 heterocycles. The van der Waals surface area contributed by atoms with Crippen molar-refractivity contribution in [3.8, 4) is 0 Å². The molecule has 0 aliphatic rings. The largest absolute Gasteiger partial charge is 0.385 e. The van der Waals surface area contributed by atoms with E-state index in [0.717, 1.165) is 13.0 Å². The van der Waals surface area contributed by atoms with Crippen molar-refractivity contribution in [3.63, 3.8) is 0 Å². The first kappa shape index (κ1) is 16.4. The van der Waals surface area contributed by atoms with E-state index in [0.29, 0.717) is 13.0 Å². The Morgan fingerprint density at radius 2 is 1.88 bits per heavy atom. The zero-order chi connectivity index (χ0) is 12.9. The average Bonchev–Trinajstić information content (AvgIpc) is 2.34. The minimum atomic E-state index is -0.435. The van der Waals surface area contributed by atoms with Gasteiger partial charge in [0.25, 0.3) is 0 Å². The molecule has 0 aromatic carbocycles. The number of nitrogens with one attached hydrogen (secondary N) is 1. The van der Waals surface area contributed by atoms with E-state index >= 15 is 0 Å². The van der Waals surface area contributed by atoms with E-state index in [2.05, 4.69) is 12.2 Å². The Morgan fingerprint density at radius 1 is 1.24 bits per heavy atom. The van der Waals surface area contributed by atoms with Gasteiger partial charge in [0, 0.05) is 20.3 Å². The summed E-state index contributed by atoms with van der Waals surface area (Å²) in [5, 5.41) is 2.86. The molecule has 4 heteroatoms. The zero-order valence-corrected chi connectivity index (χ0v) is 11.3. The summed E-state index contributed by atoms with van der Waals surface area (Å²) >= 11 is 0. The van der Waals surface area contributed by atoms with Crippen molar-refractivity contribution in [2.45, 2.75) is 57.9 Å². The van der Waals surface area contributed by atoms with Gasteiger partial charge in [-0.05, 0) is 12.8 Å². The molecule has 17 heavy (non-hydrogen) atoms. The van der Waals surface area contributed by atoms with E-state index in [1.807, 2.05) is 0 Å². The molecule has 0 aliphatic heterocycles. The SMILES string of the molecule is CCCCCCCCNC(=O)C(N)CCOC. The second kappa shape index (κ2) is 11.9. The molecule has 0 fully saturated rings. The molecule has 0 bridgehead atoms. The number of carbonyl (C=O) groups excluding carboxylic acids is 1. The third kappa shape index (κ3) is 10.3. The number of amides is 1. The first-order chi connectivity index (χ1) is 8.22. The average molecular weight is 244 g/mol. The number of nitrogens with two attached hydrogens (primary N) is 1. The van der Waals surface area contributed by atoms with Gasteiger partial charge >= 0.3 is 0 Å². The van der Waals surface area contributed by atoms with E-state index < -0.39 is 6.04 Å². The lowest BCUT2D eigenvalue weighted by molar-refractivity contribution is -0.122. The lowest BCUT2D eigenvalue weighted by Crippen LogP contribution is -2.41. The smallest absolute Gasteiger partial charge is 0.237 e. The summed E-state index contributed by atoms with van der Waals surface area (Å²) in [6, 6.07) is -0.435. The Bertz CT molecular complexity index is 186. The van der Waals surface area contributed by atoms with E-state index in [1.165, 1.54) is 32.1 Å². The number of unbranched alkanes of at least 4 members (excludes halogenated alkanes) is 5. The first-order valence-corrected chi connectivity index (χ1v) is 6.74. The maximum atomic E-state index is 11.5. The van der Waals surface area contributed by atoms with Crippen molar-refractivity contribution in [3.05, 3.63) is 0 Å². The third-order valence-electron chi connectivity index (χ3n) is 2.80. The van der Waals surface area contributed by atoms with E-state index in [-0.39, 0.29) is 5.91 Å². The van der Waals surface area contributed by atoms with Crippen LogP contribution in [0.25, 0.3) is 0 Å². The van der Waals surface area contributed by atoms with Crippen molar-refractivity contribution in [1.82, 2.24) is 5.32 Å². The molecule has 0 saturated carbocycles. The molecular formula is C13H28N2O2. The minimum absolute atomic E-state index is 0.0596. The van der Waals surface area contributed by atoms with Crippen LogP contribution < -0.4 is 11.1 Å². The molecular weight excluding hydrogens is 216 g/mol. The van der Waals surface area contributed by atoms with Gasteiger partial charge in [0.15, 0.2) is 0 Å². The Morgan fingerprint density at radius 3 is 2.53 bits per heavy atom. The lowest BCUT2D eigenvalue weighted by atomic mass is 10.1. The monoisotopic (exact) mass is 244 g/mol. The minimum Gasteiger partial charge on any atom is -0.385 e. The van der Waals surface area contributed by atoms with Crippen molar-refractivity contribution >= 4 is 5.91 Å². The Balaban J connectivity index is 3.32. The van der Waals surface area contributed by atoms with Crippen LogP contribution >= 0.6 is 0 Å². The molecule has 0 radical (unpaired) electrons. The van der Waals surface area contributed by atoms with Gasteiger partial charge in [-0.3, -0.25) is 4.79 Å². The first-order valence-electron chi connectivity index (χ1n) is 6.74. The summed E-state index contributed by atoms with van der Waals surface area (Å²) < 4.78 is 4.88. The fraction of sp³-hybridized carbons (Fsp3) is 0.923. The summed E-state index contributed by atoms with van der Waals surface area (Å²) in [6.07, 6.45) is 7.97. The molecule has 0 saturated heterocycles. The molecule has 0 rings (SSSR count). The molecule has 1 atom stereocenters. The van der Waals surface area contributed by atoms with Gasteiger partial charge in [0.05, 0.1) is 6.04 Å². The van der Waals surface area contributed by atoms with Crippen molar-refractivity contribution < 1.29 is 9.53 Å². The third-order valence-corrected chi connectivity index (χ3v) is 2.80. The van der Waals surface area contributed by atoms with E-state index in [9.17, 15) is 4.79 Å². The zero-order valence-electron chi connectivity index (χ0n) is 11.3. The van der Waals surface area contributed by atoms with Crippen LogP contribution in [0, 0.1) is 0 Å². The highest BCUT2D eigenvalue weighted by atomic mass is 16.5. The number of ether oxygens (including phenoxy) is 1. The van der Waals surface area contributed by atoms with Crippen LogP contribution in [0.3, 0.4) is 0 Å². The van der Waals surface area contributed by atoms with Gasteiger partial charge in [0.1, 0.15) is 0 Å².